The zero-order chi connectivity index (χ0) is 96.0. The summed E-state index contributed by atoms with van der Waals surface area (Å²) >= 11 is 0. The molecule has 6 amide bonds. The third-order valence-corrected chi connectivity index (χ3v) is 32.1. The zero-order valence-electron chi connectivity index (χ0n) is 82.4. The van der Waals surface area contributed by atoms with Gasteiger partial charge in [0.05, 0.1) is 63.0 Å². The number of aromatic nitrogens is 4. The predicted molar refractivity (Wildman–Crippen MR) is 501 cm³/mol. The van der Waals surface area contributed by atoms with Crippen LogP contribution in [0, 0.1) is 87.3 Å². The van der Waals surface area contributed by atoms with Crippen LogP contribution in [0.2, 0.25) is 0 Å². The van der Waals surface area contributed by atoms with Crippen molar-refractivity contribution in [2.45, 2.75) is 316 Å². The van der Waals surface area contributed by atoms with E-state index in [-0.39, 0.29) is 147 Å². The zero-order valence-corrected chi connectivity index (χ0v) is 86.6. The molecule has 12 aliphatic rings. The Morgan fingerprint density at radius 1 is 0.413 bits per heavy atom. The number of carbonyl (C=O) groups excluding carboxylic acids is 9. The summed E-state index contributed by atoms with van der Waals surface area (Å²) in [6, 6.07) is 15.4. The van der Waals surface area contributed by atoms with E-state index in [0.717, 1.165) is 142 Å². The van der Waals surface area contributed by atoms with Gasteiger partial charge in [-0.1, -0.05) is 140 Å². The Hall–Kier alpha value is -8.54. The van der Waals surface area contributed by atoms with Crippen LogP contribution in [0.4, 0.5) is 23.2 Å². The van der Waals surface area contributed by atoms with Gasteiger partial charge in [0.2, 0.25) is 35.4 Å². The number of halogens is 2. The van der Waals surface area contributed by atoms with E-state index in [1.165, 1.54) is 29.8 Å². The number of aryl methyl sites for hydroxylation is 2. The first-order chi connectivity index (χ1) is 64.5. The minimum absolute atomic E-state index is 0. The standard InChI is InChI=1S/C36H48N3O6.C35H46N3O6.C34H43F2N4O6.3V/c1-6-26-29(20-40)39-19-30(26)44-33-24(17-22-14-15-25(43-5)18-28(22)37-33)10-8-7-9-11-27-21-12-13-23(16-21)31(27)45-35(42)38-32(34(39)41)36(2,3)4;1-20-28(19-39)38-18-29(20)43-32-24(16-22-13-14-25(42-5)17-27(22)36-32)9-7-6-8-10-26-21-11-12-23(15-21)30(26)44-34(41)37-31(33(38)40)35(2,3)4;1-18-25(17-41)40-16-26(18)45-30-28(37-23-12-11-21(44-5)15-24(23)38-30)34(35,36)13-7-6-8-22-19-9-10-20(14-19)27(22)46-32(43)39-29(31(40)42)33(2,3)4;;;/h14-15,17-18,21,23,26-27,29-32H,6-13,16,19H2,1-5H3,(H,38,42);13-14,16-17,20-21,23,26,28-31H,6-12,15,18H2,1-5H3,(H,37,41);11-12,15,18-20,22,25-27,29H,6-10,13-14,16H2,1-5H3,(H,39,43);;;/q3*-1;;;/t21-,23+,26+,27-,29-,30+,31-,32-;20-,21+,23-,26+,28+,29-,30+,31+;18-,19+,20-,22+,25+,26-,27+,29+;;;/m100.../s1. The molecule has 747 valence electrons. The third-order valence-electron chi connectivity index (χ3n) is 32.1. The van der Waals surface area contributed by atoms with Crippen LogP contribution in [0.15, 0.2) is 66.7 Å². The van der Waals surface area contributed by atoms with E-state index in [9.17, 15) is 43.2 Å². The topological polar surface area (TPSA) is 334 Å². The van der Waals surface area contributed by atoms with Gasteiger partial charge in [-0.25, -0.2) is 53.2 Å². The van der Waals surface area contributed by atoms with Crippen molar-refractivity contribution in [1.29, 1.82) is 0 Å². The molecule has 12 bridgehead atoms. The Balaban J connectivity index is 0.000000173. The van der Waals surface area contributed by atoms with E-state index in [4.69, 9.17) is 52.6 Å². The normalized spacial score (nSPS) is 32.2. The molecule has 6 aromatic rings. The number of alkyl carbamates (subject to hydrolysis) is 3. The fraction of sp³-hybridized carbons (Fsp3) is 0.667. The number of fused-ring (bicyclic) bond motifs is 27. The van der Waals surface area contributed by atoms with E-state index in [0.29, 0.717) is 95.2 Å². The van der Waals surface area contributed by atoms with Crippen LogP contribution in [0.1, 0.15) is 241 Å². The minimum atomic E-state index is -3.36. The fourth-order valence-corrected chi connectivity index (χ4v) is 24.6. The Morgan fingerprint density at radius 3 is 1.14 bits per heavy atom. The Morgan fingerprint density at radius 2 is 0.761 bits per heavy atom. The molecule has 3 aromatic carbocycles. The van der Waals surface area contributed by atoms with Crippen LogP contribution in [0.5, 0.6) is 34.9 Å². The van der Waals surface area contributed by atoms with Crippen molar-refractivity contribution in [2.75, 3.05) is 41.0 Å². The number of pyridine rings is 2. The van der Waals surface area contributed by atoms with E-state index in [1.807, 2.05) is 119 Å². The Labute approximate surface area is 845 Å². The van der Waals surface area contributed by atoms with Crippen molar-refractivity contribution >= 4 is 87.7 Å². The molecule has 6 saturated carbocycles. The number of benzene rings is 3. The summed E-state index contributed by atoms with van der Waals surface area (Å²) in [6.07, 6.45) is 23.3. The number of ether oxygens (including phenoxy) is 9. The van der Waals surface area contributed by atoms with Gasteiger partial charge in [0, 0.05) is 102 Å². The van der Waals surface area contributed by atoms with Gasteiger partial charge < -0.3 is 87.7 Å². The van der Waals surface area contributed by atoms with Gasteiger partial charge in [0.1, 0.15) is 72.0 Å². The molecule has 0 unspecified atom stereocenters. The number of rotatable bonds is 7. The smallest absolute Gasteiger partial charge is 0.408 e. The summed E-state index contributed by atoms with van der Waals surface area (Å²) in [4.78, 5) is 143. The van der Waals surface area contributed by atoms with Crippen molar-refractivity contribution in [3.8, 4) is 34.9 Å². The molecular weight excluding hydrogens is 1880 g/mol. The van der Waals surface area contributed by atoms with Crippen molar-refractivity contribution in [3.63, 3.8) is 0 Å². The molecular formula is C105H137F2N10O18V3-3. The molecule has 3 aromatic heterocycles. The van der Waals surface area contributed by atoms with Crippen LogP contribution >= 0.6 is 0 Å². The van der Waals surface area contributed by atoms with Gasteiger partial charge in [-0.3, -0.25) is 14.4 Å². The molecule has 0 spiro atoms. The maximum absolute atomic E-state index is 16.1. The molecule has 18 rings (SSSR count). The van der Waals surface area contributed by atoms with Gasteiger partial charge in [0.15, 0.2) is 5.69 Å². The van der Waals surface area contributed by atoms with E-state index >= 15 is 8.78 Å². The maximum atomic E-state index is 16.1. The predicted octanol–water partition coefficient (Wildman–Crippen LogP) is 17.2. The summed E-state index contributed by atoms with van der Waals surface area (Å²) in [5.74, 6) is 0.266. The van der Waals surface area contributed by atoms with Crippen LogP contribution < -0.4 is 44.4 Å². The number of nitrogens with one attached hydrogen (secondary N) is 3. The van der Waals surface area contributed by atoms with Crippen molar-refractivity contribution in [1.82, 2.24) is 50.6 Å². The molecule has 6 aliphatic heterocycles. The maximum Gasteiger partial charge on any atom is 0.408 e. The van der Waals surface area contributed by atoms with Crippen LogP contribution in [0.3, 0.4) is 0 Å². The molecule has 9 fully saturated rings. The number of amides is 6. The van der Waals surface area contributed by atoms with E-state index in [2.05, 4.69) is 50.6 Å². The largest absolute Gasteiger partial charge is 0.540 e. The second-order valence-electron chi connectivity index (χ2n) is 43.8. The fourth-order valence-electron chi connectivity index (χ4n) is 24.6. The summed E-state index contributed by atoms with van der Waals surface area (Å²) in [5, 5.41) is 10.7. The quantitative estimate of drug-likeness (QED) is 0.0987. The minimum Gasteiger partial charge on any atom is -0.540 e. The first-order valence-corrected chi connectivity index (χ1v) is 49.6. The molecule has 3 radical (unpaired) electrons. The summed E-state index contributed by atoms with van der Waals surface area (Å²) in [5.41, 5.74) is 1.62. The molecule has 33 heteroatoms. The van der Waals surface area contributed by atoms with Gasteiger partial charge in [-0.05, 0) is 245 Å². The molecule has 138 heavy (non-hydrogen) atoms. The second-order valence-corrected chi connectivity index (χ2v) is 43.8. The molecule has 24 atom stereocenters. The number of methoxy groups -OCH3 is 3. The van der Waals surface area contributed by atoms with Crippen LogP contribution in [0.25, 0.3) is 32.8 Å². The summed E-state index contributed by atoms with van der Waals surface area (Å²) < 4.78 is 86.2. The van der Waals surface area contributed by atoms with Crippen LogP contribution in [-0.4, -0.2) is 203 Å². The third kappa shape index (κ3) is 22.7. The van der Waals surface area contributed by atoms with Gasteiger partial charge in [-0.2, -0.15) is 8.78 Å². The number of hydrogen-bond donors (Lipinski definition) is 3. The Bertz CT molecular complexity index is 5370. The van der Waals surface area contributed by atoms with Crippen molar-refractivity contribution < 1.29 is 150 Å². The SMILES string of the molecule is CC[C@@H]1[C@@H]2CN(C(=O)[C@H](C(C)(C)C)NC(=O)O[C@@H]3[C@H]4CC[C@H](C4)[C@H]3CCCCCc3cc4ccc(OC)cc4nc3O2)[C@@H]1[C-]=O.COc1ccc2cc3c(nc2c1)O[C@H]1CN(C(=O)[C@H](C(C)(C)C)NC(=O)O[C@@H]2[C@H]4CC[C@H](C4)[C@H]2CCCCC3)[C@H]([C-]=O)[C@@H]1C.COc1ccc2nc3c(nc2c1)O[C@H]1CN(C(=O)[C@H](C(C)(C)C)NC(=O)O[C@@H]2[C@H]4CC[C@H](C4)[C@H]2CCCCC3(F)F)[C@H]([C-]=O)[C@@H]1C.[V].[V].[V]. The summed E-state index contributed by atoms with van der Waals surface area (Å²) in [7, 11) is 4.76. The average molecular weight is 2020 g/mol. The van der Waals surface area contributed by atoms with Crippen LogP contribution in [-0.2, 0) is 117 Å². The van der Waals surface area contributed by atoms with Crippen molar-refractivity contribution in [3.05, 3.63) is 83.6 Å². The molecule has 6 aliphatic carbocycles. The molecule has 3 N–H and O–H groups in total. The van der Waals surface area contributed by atoms with Crippen molar-refractivity contribution in [2.24, 2.45) is 87.3 Å². The molecule has 28 nitrogen and oxygen atoms in total. The Kier molecular flexibility index (Phi) is 34.5. The van der Waals surface area contributed by atoms with Gasteiger partial charge >= 0.3 is 18.3 Å². The number of hydrogen-bond acceptors (Lipinski definition) is 22. The van der Waals surface area contributed by atoms with E-state index < -0.39 is 119 Å². The first kappa shape index (κ1) is 107. The molecule has 9 heterocycles. The summed E-state index contributed by atoms with van der Waals surface area (Å²) in [6.45, 7) is 22.9. The average Bonchev–Trinajstić information content (AvgIpc) is 1.59. The number of alkyl halides is 2. The number of carbonyl (C=O) groups is 6. The first-order valence-electron chi connectivity index (χ1n) is 49.6. The monoisotopic (exact) mass is 2020 g/mol. The number of nitrogens with zero attached hydrogens (tertiary/aromatic N) is 7. The second kappa shape index (κ2) is 44.5. The van der Waals surface area contributed by atoms with E-state index in [1.54, 1.807) is 44.2 Å². The molecule has 3 saturated heterocycles. The van der Waals surface area contributed by atoms with Gasteiger partial charge in [0.25, 0.3) is 5.92 Å². The van der Waals surface area contributed by atoms with Gasteiger partial charge in [-0.15, -0.1) is 0 Å².